The van der Waals surface area contributed by atoms with E-state index in [1.54, 1.807) is 19.1 Å². The Morgan fingerprint density at radius 3 is 2.43 bits per heavy atom. The molecule has 2 amide bonds. The molecule has 21 heavy (non-hydrogen) atoms. The van der Waals surface area contributed by atoms with Gasteiger partial charge in [-0.1, -0.05) is 0 Å². The Bertz CT molecular complexity index is 667. The molecule has 1 heterocycles. The molecule has 0 bridgehead atoms. The van der Waals surface area contributed by atoms with Crippen molar-refractivity contribution in [3.63, 3.8) is 0 Å². The molecule has 0 fully saturated rings. The minimum Gasteiger partial charge on any atom is -0.374 e. The van der Waals surface area contributed by atoms with Gasteiger partial charge in [-0.2, -0.15) is 20.3 Å². The van der Waals surface area contributed by atoms with E-state index in [-0.39, 0.29) is 5.11 Å². The van der Waals surface area contributed by atoms with Crippen molar-refractivity contribution in [3.05, 3.63) is 29.8 Å². The fraction of sp³-hybridized carbons (Fsp3) is 0.167. The van der Waals surface area contributed by atoms with Gasteiger partial charge in [0.15, 0.2) is 11.2 Å². The molecule has 0 spiro atoms. The summed E-state index contributed by atoms with van der Waals surface area (Å²) in [4.78, 5) is 22.9. The topological polar surface area (TPSA) is 126 Å². The summed E-state index contributed by atoms with van der Waals surface area (Å²) in [5.74, 6) is -0.975. The normalized spacial score (nSPS) is 18.1. The van der Waals surface area contributed by atoms with Gasteiger partial charge in [0, 0.05) is 5.56 Å². The average Bonchev–Trinajstić information content (AvgIpc) is 2.72. The molecule has 0 aliphatic carbocycles. The summed E-state index contributed by atoms with van der Waals surface area (Å²) in [5, 5.41) is 12.6. The third-order valence-corrected chi connectivity index (χ3v) is 2.92. The monoisotopic (exact) mass is 304 g/mol. The number of benzene rings is 1. The molecule has 1 aromatic rings. The number of thiocarbonyl (C=S) groups is 1. The largest absolute Gasteiger partial charge is 0.374 e. The summed E-state index contributed by atoms with van der Waals surface area (Å²) >= 11 is 4.71. The van der Waals surface area contributed by atoms with Crippen LogP contribution in [0.15, 0.2) is 39.6 Å². The van der Waals surface area contributed by atoms with E-state index in [9.17, 15) is 9.59 Å². The number of azo groups is 1. The van der Waals surface area contributed by atoms with Crippen LogP contribution in [-0.2, 0) is 4.79 Å². The van der Waals surface area contributed by atoms with Crippen molar-refractivity contribution < 1.29 is 9.59 Å². The Balaban J connectivity index is 2.15. The predicted octanol–water partition coefficient (Wildman–Crippen LogP) is 0.700. The highest BCUT2D eigenvalue weighted by molar-refractivity contribution is 7.80. The molecule has 8 nitrogen and oxygen atoms in total. The zero-order valence-electron chi connectivity index (χ0n) is 11.1. The summed E-state index contributed by atoms with van der Waals surface area (Å²) in [6.07, 6.45) is 0. The van der Waals surface area contributed by atoms with Crippen molar-refractivity contribution in [1.82, 2.24) is 5.01 Å². The molecule has 1 aliphatic rings. The van der Waals surface area contributed by atoms with Gasteiger partial charge in [0.25, 0.3) is 5.91 Å². The van der Waals surface area contributed by atoms with E-state index in [4.69, 9.17) is 23.7 Å². The number of carbonyl (C=O) groups is 2. The highest BCUT2D eigenvalue weighted by atomic mass is 32.1. The highest BCUT2D eigenvalue weighted by Crippen LogP contribution is 2.17. The van der Waals surface area contributed by atoms with E-state index in [1.165, 1.54) is 12.1 Å². The van der Waals surface area contributed by atoms with E-state index in [1.807, 2.05) is 0 Å². The van der Waals surface area contributed by atoms with Gasteiger partial charge < -0.3 is 11.5 Å². The zero-order chi connectivity index (χ0) is 15.6. The minimum absolute atomic E-state index is 0.136. The number of rotatable bonds is 3. The molecular formula is C12H12N6O2S. The van der Waals surface area contributed by atoms with Gasteiger partial charge in [0.05, 0.1) is 11.4 Å². The summed E-state index contributed by atoms with van der Waals surface area (Å²) < 4.78 is 0. The van der Waals surface area contributed by atoms with Crippen LogP contribution in [0.3, 0.4) is 0 Å². The van der Waals surface area contributed by atoms with E-state index in [2.05, 4.69) is 15.3 Å². The Labute approximate surface area is 125 Å². The van der Waals surface area contributed by atoms with Crippen molar-refractivity contribution >= 4 is 40.5 Å². The van der Waals surface area contributed by atoms with Crippen LogP contribution in [0.2, 0.25) is 0 Å². The first-order valence-corrected chi connectivity index (χ1v) is 6.30. The first kappa shape index (κ1) is 14.7. The maximum absolute atomic E-state index is 12.0. The maximum Gasteiger partial charge on any atom is 0.282 e. The third kappa shape index (κ3) is 3.08. The molecule has 9 heteroatoms. The van der Waals surface area contributed by atoms with E-state index >= 15 is 0 Å². The zero-order valence-corrected chi connectivity index (χ0v) is 11.9. The molecular weight excluding hydrogens is 292 g/mol. The molecule has 0 radical (unpaired) electrons. The Kier molecular flexibility index (Phi) is 4.03. The molecule has 0 saturated heterocycles. The van der Waals surface area contributed by atoms with Gasteiger partial charge in [-0.15, -0.1) is 0 Å². The Morgan fingerprint density at radius 2 is 1.95 bits per heavy atom. The summed E-state index contributed by atoms with van der Waals surface area (Å²) in [6.45, 7) is 1.63. The number of nitrogens with zero attached hydrogens (tertiary/aromatic N) is 4. The van der Waals surface area contributed by atoms with Crippen LogP contribution < -0.4 is 11.5 Å². The molecule has 0 unspecified atom stereocenters. The number of hydrogen-bond acceptors (Lipinski definition) is 6. The van der Waals surface area contributed by atoms with Crippen LogP contribution in [0.25, 0.3) is 0 Å². The molecule has 1 atom stereocenters. The lowest BCUT2D eigenvalue weighted by Gasteiger charge is -2.08. The minimum atomic E-state index is -0.845. The van der Waals surface area contributed by atoms with Crippen molar-refractivity contribution in [3.8, 4) is 0 Å². The smallest absolute Gasteiger partial charge is 0.282 e. The Hall–Kier alpha value is -2.68. The first-order valence-electron chi connectivity index (χ1n) is 5.89. The van der Waals surface area contributed by atoms with Gasteiger partial charge >= 0.3 is 0 Å². The predicted molar refractivity (Wildman–Crippen MR) is 80.0 cm³/mol. The van der Waals surface area contributed by atoms with Crippen molar-refractivity contribution in [2.75, 3.05) is 0 Å². The van der Waals surface area contributed by atoms with Crippen molar-refractivity contribution in [2.45, 2.75) is 13.0 Å². The second-order valence-electron chi connectivity index (χ2n) is 4.26. The number of hydrazone groups is 1. The molecule has 2 rings (SSSR count). The van der Waals surface area contributed by atoms with Gasteiger partial charge in [-0.05, 0) is 43.4 Å². The number of hydrogen-bond donors (Lipinski definition) is 2. The lowest BCUT2D eigenvalue weighted by molar-refractivity contribution is -0.126. The van der Waals surface area contributed by atoms with E-state index in [0.29, 0.717) is 17.0 Å². The first-order chi connectivity index (χ1) is 9.90. The molecule has 108 valence electrons. The molecule has 0 saturated carbocycles. The quantitative estimate of drug-likeness (QED) is 0.629. The SMILES string of the molecule is CC1=NN(C(N)=S)C(=O)[C@@H]1N=Nc1ccc(C(N)=O)cc1. The third-order valence-electron chi connectivity index (χ3n) is 2.75. The maximum atomic E-state index is 12.0. The van der Waals surface area contributed by atoms with Crippen molar-refractivity contribution in [1.29, 1.82) is 0 Å². The van der Waals surface area contributed by atoms with Gasteiger partial charge in [0.1, 0.15) is 0 Å². The van der Waals surface area contributed by atoms with E-state index < -0.39 is 17.9 Å². The lowest BCUT2D eigenvalue weighted by Crippen LogP contribution is -2.37. The van der Waals surface area contributed by atoms with Crippen LogP contribution in [0.5, 0.6) is 0 Å². The average molecular weight is 304 g/mol. The van der Waals surface area contributed by atoms with Crippen LogP contribution in [0.1, 0.15) is 17.3 Å². The summed E-state index contributed by atoms with van der Waals surface area (Å²) in [7, 11) is 0. The molecule has 0 aromatic heterocycles. The number of amides is 2. The summed E-state index contributed by atoms with van der Waals surface area (Å²) in [5.41, 5.74) is 11.8. The fourth-order valence-corrected chi connectivity index (χ4v) is 1.79. The second kappa shape index (κ2) is 5.75. The number of carbonyl (C=O) groups excluding carboxylic acids is 2. The fourth-order valence-electron chi connectivity index (χ4n) is 1.66. The molecule has 4 N–H and O–H groups in total. The summed E-state index contributed by atoms with van der Waals surface area (Å²) in [6, 6.07) is 5.34. The van der Waals surface area contributed by atoms with Crippen LogP contribution in [0, 0.1) is 0 Å². The highest BCUT2D eigenvalue weighted by Gasteiger charge is 2.35. The van der Waals surface area contributed by atoms with Gasteiger partial charge in [-0.3, -0.25) is 9.59 Å². The lowest BCUT2D eigenvalue weighted by atomic mass is 10.2. The van der Waals surface area contributed by atoms with Gasteiger partial charge in [-0.25, -0.2) is 0 Å². The number of nitrogens with two attached hydrogens (primary N) is 2. The second-order valence-corrected chi connectivity index (χ2v) is 4.68. The van der Waals surface area contributed by atoms with Crippen LogP contribution >= 0.6 is 12.2 Å². The molecule has 1 aromatic carbocycles. The van der Waals surface area contributed by atoms with Crippen LogP contribution in [0.4, 0.5) is 5.69 Å². The van der Waals surface area contributed by atoms with Gasteiger partial charge in [0.2, 0.25) is 5.91 Å². The van der Waals surface area contributed by atoms with Crippen LogP contribution in [-0.4, -0.2) is 33.7 Å². The molecule has 1 aliphatic heterocycles. The number of primary amides is 1. The van der Waals surface area contributed by atoms with E-state index in [0.717, 1.165) is 5.01 Å². The Morgan fingerprint density at radius 1 is 1.33 bits per heavy atom. The van der Waals surface area contributed by atoms with Crippen molar-refractivity contribution in [2.24, 2.45) is 26.8 Å². The standard InChI is InChI=1S/C12H12N6O2S/c1-6-9(11(20)18(17-6)12(14)21)16-15-8-4-2-7(3-5-8)10(13)19/h2-5,9H,1H3,(H2,13,19)(H2,14,21)/t9-/m1/s1.